The second-order valence-corrected chi connectivity index (χ2v) is 15.8. The van der Waals surface area contributed by atoms with E-state index >= 15 is 0 Å². The molecule has 64 heavy (non-hydrogen) atoms. The summed E-state index contributed by atoms with van der Waals surface area (Å²) in [6, 6.07) is 19.7. The van der Waals surface area contributed by atoms with Gasteiger partial charge in [-0.25, -0.2) is 0 Å². The van der Waals surface area contributed by atoms with Gasteiger partial charge in [0.05, 0.1) is 50.1 Å². The molecule has 0 saturated carbocycles. The zero-order valence-electron chi connectivity index (χ0n) is 36.6. The molecule has 0 aliphatic carbocycles. The molecule has 4 aromatic rings. The van der Waals surface area contributed by atoms with Gasteiger partial charge in [0.2, 0.25) is 11.4 Å². The Morgan fingerprint density at radius 1 is 0.719 bits per heavy atom. The van der Waals surface area contributed by atoms with E-state index in [0.717, 1.165) is 21.9 Å². The van der Waals surface area contributed by atoms with Gasteiger partial charge in [-0.1, -0.05) is 48.5 Å². The summed E-state index contributed by atoms with van der Waals surface area (Å²) >= 11 is 0. The number of hydroxylamine groups is 2. The molecule has 0 spiro atoms. The van der Waals surface area contributed by atoms with Crippen molar-refractivity contribution >= 4 is 64.0 Å². The van der Waals surface area contributed by atoms with Crippen LogP contribution in [0.4, 0.5) is 0 Å². The molecule has 1 aliphatic heterocycles. The van der Waals surface area contributed by atoms with E-state index in [4.69, 9.17) is 4.84 Å². The van der Waals surface area contributed by atoms with Gasteiger partial charge in [-0.2, -0.15) is 9.63 Å². The van der Waals surface area contributed by atoms with Gasteiger partial charge in [0.25, 0.3) is 5.69 Å². The quantitative estimate of drug-likeness (QED) is 0.0319. The van der Waals surface area contributed by atoms with Crippen LogP contribution in [0.3, 0.4) is 0 Å². The minimum Gasteiger partial charge on any atom is -0.480 e. The maximum Gasteiger partial charge on any atom is 3.00 e. The molecule has 1 aromatic heterocycles. The minimum atomic E-state index is -1.72. The van der Waals surface area contributed by atoms with Gasteiger partial charge in [0, 0.05) is 91.0 Å². The zero-order chi connectivity index (χ0) is 45.8. The summed E-state index contributed by atoms with van der Waals surface area (Å²) in [5.74, 6) is -3.63. The maximum absolute atomic E-state index is 14.1. The maximum atomic E-state index is 14.1. The molecule has 1 saturated heterocycles. The molecule has 1 atom stereocenters. The van der Waals surface area contributed by atoms with E-state index in [-0.39, 0.29) is 127 Å². The Hall–Kier alpha value is -3.99. The average molecular weight is 1030 g/mol. The monoisotopic (exact) mass is 1030 g/mol. The third-order valence-electron chi connectivity index (χ3n) is 11.5. The van der Waals surface area contributed by atoms with Crippen molar-refractivity contribution in [1.29, 1.82) is 0 Å². The van der Waals surface area contributed by atoms with Crippen molar-refractivity contribution in [2.75, 3.05) is 106 Å². The van der Waals surface area contributed by atoms with E-state index in [2.05, 4.69) is 5.32 Å². The number of fused-ring (bicyclic) bond motifs is 3. The number of rotatable bonds is 17. The third kappa shape index (κ3) is 14.5. The number of hydrogen-bond donors (Lipinski definition) is 6. The standard InChI is InChI=1S/C43H57BN8O11.Eu/c1-46(38(53)26-49-15-17-50(27-39(54)55)19-21-52(29-41(58)59)22-20-51(18-16-49)28-40(56)57)25-30-13-14-36-34(23-30)31-9-5-6-10-32(31)42(47(36)2)43(60)45-24-37(48(3)63-4)33-11-7-8-12-35(33)44(61)62;/h5-14,23,37,61-62H,15-22,24-29H2,1-4H3,(H3-,45,54,55,56,57,58,59,60);/q;+3/p+1. The molecule has 2 heterocycles. The predicted octanol–water partition coefficient (Wildman–Crippen LogP) is -1.10. The Labute approximate surface area is 413 Å². The van der Waals surface area contributed by atoms with Crippen molar-refractivity contribution in [3.63, 3.8) is 0 Å². The van der Waals surface area contributed by atoms with Gasteiger partial charge in [0.15, 0.2) is 0 Å². The molecule has 21 heteroatoms. The number of benzene rings is 3. The number of aryl methyl sites for hydroxylation is 1. The Bertz CT molecular complexity index is 2240. The van der Waals surface area contributed by atoms with Crippen LogP contribution in [0.5, 0.6) is 0 Å². The fourth-order valence-electron chi connectivity index (χ4n) is 8.03. The van der Waals surface area contributed by atoms with Crippen molar-refractivity contribution in [2.24, 2.45) is 7.05 Å². The number of amides is 2. The fraction of sp³-hybridized carbons (Fsp3) is 0.442. The van der Waals surface area contributed by atoms with Crippen LogP contribution in [0.15, 0.2) is 66.7 Å². The van der Waals surface area contributed by atoms with Crippen LogP contribution in [0.2, 0.25) is 0 Å². The molecule has 6 N–H and O–H groups in total. The zero-order valence-corrected chi connectivity index (χ0v) is 39.0. The van der Waals surface area contributed by atoms with E-state index < -0.39 is 31.1 Å². The predicted molar refractivity (Wildman–Crippen MR) is 234 cm³/mol. The van der Waals surface area contributed by atoms with E-state index in [1.807, 2.05) is 59.0 Å². The number of hydrogen-bond acceptors (Lipinski definition) is 13. The average Bonchev–Trinajstić information content (AvgIpc) is 3.24. The number of carboxylic acids is 3. The Morgan fingerprint density at radius 3 is 1.70 bits per heavy atom. The van der Waals surface area contributed by atoms with E-state index in [0.29, 0.717) is 48.3 Å². The van der Waals surface area contributed by atoms with Crippen LogP contribution >= 0.6 is 0 Å². The molecular weight excluding hydrogens is 967 g/mol. The molecule has 1 unspecified atom stereocenters. The van der Waals surface area contributed by atoms with Crippen LogP contribution in [0.1, 0.15) is 27.7 Å². The summed E-state index contributed by atoms with van der Waals surface area (Å²) in [5.41, 5.74) is 2.91. The molecule has 1 fully saturated rings. The van der Waals surface area contributed by atoms with Gasteiger partial charge in [-0.15, -0.1) is 0 Å². The van der Waals surface area contributed by atoms with Crippen molar-refractivity contribution < 1.29 is 108 Å². The summed E-state index contributed by atoms with van der Waals surface area (Å²) < 4.78 is 1.83. The molecule has 342 valence electrons. The third-order valence-corrected chi connectivity index (χ3v) is 11.5. The van der Waals surface area contributed by atoms with Crippen LogP contribution in [-0.2, 0) is 37.6 Å². The normalized spacial score (nSPS) is 15.5. The Kier molecular flexibility index (Phi) is 20.6. The molecule has 19 nitrogen and oxygen atoms in total. The van der Waals surface area contributed by atoms with Crippen molar-refractivity contribution in [3.05, 3.63) is 83.6 Å². The van der Waals surface area contributed by atoms with Gasteiger partial charge in [0.1, 0.15) is 7.05 Å². The summed E-state index contributed by atoms with van der Waals surface area (Å²) in [7, 11) is 4.98. The van der Waals surface area contributed by atoms with E-state index in [9.17, 15) is 49.3 Å². The Balaban J connectivity index is 0.00000898. The largest absolute Gasteiger partial charge is 3.00 e. The summed E-state index contributed by atoms with van der Waals surface area (Å²) in [4.78, 5) is 77.0. The number of carbonyl (C=O) groups is 5. The number of carboxylic acid groups (broad SMARTS) is 3. The topological polar surface area (TPSA) is 231 Å². The summed E-state index contributed by atoms with van der Waals surface area (Å²) in [6.45, 7) is 1.92. The summed E-state index contributed by atoms with van der Waals surface area (Å²) in [5, 5.41) is 55.7. The first-order chi connectivity index (χ1) is 30.1. The molecule has 0 radical (unpaired) electrons. The number of likely N-dealkylation sites (N-methyl/N-ethyl adjacent to an activating group) is 2. The van der Waals surface area contributed by atoms with Gasteiger partial charge in [-0.05, 0) is 28.7 Å². The summed E-state index contributed by atoms with van der Waals surface area (Å²) in [6.07, 6.45) is 0. The number of aromatic nitrogens is 1. The molecular formula is C43H58BEuN8O11+4. The first-order valence-electron chi connectivity index (χ1n) is 20.7. The van der Waals surface area contributed by atoms with Gasteiger partial charge >= 0.3 is 80.3 Å². The molecule has 0 bridgehead atoms. The van der Waals surface area contributed by atoms with Crippen LogP contribution in [-0.4, -0.2) is 198 Å². The SMILES string of the molecule is CON(C)C(CNC(=O)c1c2ccccc2c2cc(CN(C)C(=O)CN3CCN(CC(=O)O)CCN(CC(=O)O)CCN(CC(=O)O)CC3)ccc2[n+]1C)c1ccccc1B(O)O.[Eu+3]. The van der Waals surface area contributed by atoms with Crippen molar-refractivity contribution in [3.8, 4) is 0 Å². The second kappa shape index (κ2) is 25.1. The minimum absolute atomic E-state index is 0. The molecule has 1 aliphatic rings. The van der Waals surface area contributed by atoms with Gasteiger partial charge in [-0.3, -0.25) is 43.6 Å². The fourth-order valence-corrected chi connectivity index (χ4v) is 8.03. The van der Waals surface area contributed by atoms with Crippen LogP contribution in [0, 0.1) is 49.4 Å². The van der Waals surface area contributed by atoms with Crippen LogP contribution < -0.4 is 15.3 Å². The van der Waals surface area contributed by atoms with Crippen molar-refractivity contribution in [2.45, 2.75) is 12.6 Å². The van der Waals surface area contributed by atoms with E-state index in [1.165, 1.54) is 12.2 Å². The number of carbonyl (C=O) groups excluding carboxylic acids is 2. The number of nitrogens with one attached hydrogen (secondary N) is 1. The molecule has 2 amide bonds. The smallest absolute Gasteiger partial charge is 0.480 e. The number of aliphatic carboxylic acids is 3. The number of pyridine rings is 1. The second-order valence-electron chi connectivity index (χ2n) is 15.8. The van der Waals surface area contributed by atoms with Crippen LogP contribution in [0.25, 0.3) is 21.7 Å². The number of nitrogens with zero attached hydrogens (tertiary/aromatic N) is 7. The molecule has 3 aromatic carbocycles. The van der Waals surface area contributed by atoms with E-state index in [1.54, 1.807) is 58.0 Å². The first-order valence-corrected chi connectivity index (χ1v) is 20.7. The van der Waals surface area contributed by atoms with Gasteiger partial charge < -0.3 is 40.4 Å². The Morgan fingerprint density at radius 2 is 1.20 bits per heavy atom. The molecule has 5 rings (SSSR count). The first kappa shape index (κ1) is 52.6. The van der Waals surface area contributed by atoms with Crippen molar-refractivity contribution in [1.82, 2.24) is 34.9 Å².